The summed E-state index contributed by atoms with van der Waals surface area (Å²) >= 11 is 1.29. The second kappa shape index (κ2) is 7.19. The van der Waals surface area contributed by atoms with Crippen LogP contribution in [0.5, 0.6) is 5.75 Å². The highest BCUT2D eigenvalue weighted by molar-refractivity contribution is 7.13. The van der Waals surface area contributed by atoms with Crippen LogP contribution in [0, 0.1) is 6.92 Å². The van der Waals surface area contributed by atoms with Crippen LogP contribution in [0.3, 0.4) is 0 Å². The Bertz CT molecular complexity index is 610. The number of anilines is 1. The standard InChI is InChI=1S/C15H18N2O3S/c1-10-4-3-5-12(8-10)20-7-6-14(19)17-15-16-13(9-21-15)11(2)18/h3-5,8-9,11,18H,6-7H2,1-2H3,(H,16,17,19). The molecule has 1 aromatic heterocycles. The Kier molecular flexibility index (Phi) is 5.30. The summed E-state index contributed by atoms with van der Waals surface area (Å²) in [5.41, 5.74) is 1.68. The first-order valence-corrected chi connectivity index (χ1v) is 7.55. The van der Waals surface area contributed by atoms with Crippen LogP contribution < -0.4 is 10.1 Å². The molecular weight excluding hydrogens is 288 g/mol. The van der Waals surface area contributed by atoms with Gasteiger partial charge in [-0.2, -0.15) is 0 Å². The topological polar surface area (TPSA) is 71.5 Å². The van der Waals surface area contributed by atoms with E-state index >= 15 is 0 Å². The smallest absolute Gasteiger partial charge is 0.229 e. The number of aryl methyl sites for hydroxylation is 1. The molecule has 5 nitrogen and oxygen atoms in total. The molecule has 0 fully saturated rings. The maximum absolute atomic E-state index is 11.8. The quantitative estimate of drug-likeness (QED) is 0.861. The van der Waals surface area contributed by atoms with Crippen molar-refractivity contribution in [2.75, 3.05) is 11.9 Å². The number of thiazole rings is 1. The van der Waals surface area contributed by atoms with Gasteiger partial charge < -0.3 is 15.2 Å². The minimum absolute atomic E-state index is 0.158. The van der Waals surface area contributed by atoms with Gasteiger partial charge in [0, 0.05) is 5.38 Å². The summed E-state index contributed by atoms with van der Waals surface area (Å²) in [5.74, 6) is 0.600. The average molecular weight is 306 g/mol. The van der Waals surface area contributed by atoms with E-state index < -0.39 is 6.10 Å². The monoisotopic (exact) mass is 306 g/mol. The number of carbonyl (C=O) groups excluding carboxylic acids is 1. The lowest BCUT2D eigenvalue weighted by Crippen LogP contribution is -2.15. The number of aromatic nitrogens is 1. The van der Waals surface area contributed by atoms with Gasteiger partial charge >= 0.3 is 0 Å². The highest BCUT2D eigenvalue weighted by Gasteiger charge is 2.09. The number of amides is 1. The van der Waals surface area contributed by atoms with Gasteiger partial charge in [0.2, 0.25) is 5.91 Å². The molecule has 0 saturated heterocycles. The molecule has 1 unspecified atom stereocenters. The molecule has 112 valence electrons. The Morgan fingerprint density at radius 3 is 3.00 bits per heavy atom. The molecule has 0 aliphatic carbocycles. The number of aliphatic hydroxyl groups excluding tert-OH is 1. The van der Waals surface area contributed by atoms with Gasteiger partial charge in [0.1, 0.15) is 5.75 Å². The summed E-state index contributed by atoms with van der Waals surface area (Å²) in [7, 11) is 0. The van der Waals surface area contributed by atoms with E-state index in [1.807, 2.05) is 31.2 Å². The highest BCUT2D eigenvalue weighted by atomic mass is 32.1. The Balaban J connectivity index is 1.77. The molecule has 0 aliphatic heterocycles. The fraction of sp³-hybridized carbons (Fsp3) is 0.333. The van der Waals surface area contributed by atoms with Gasteiger partial charge in [0.05, 0.1) is 24.8 Å². The van der Waals surface area contributed by atoms with Gasteiger partial charge in [0.25, 0.3) is 0 Å². The fourth-order valence-corrected chi connectivity index (χ4v) is 2.50. The predicted molar refractivity (Wildman–Crippen MR) is 82.7 cm³/mol. The molecule has 1 aromatic carbocycles. The predicted octanol–water partition coefficient (Wildman–Crippen LogP) is 2.91. The SMILES string of the molecule is Cc1cccc(OCCC(=O)Nc2nc(C(C)O)cs2)c1. The summed E-state index contributed by atoms with van der Waals surface area (Å²) in [4.78, 5) is 15.9. The van der Waals surface area contributed by atoms with Crippen molar-refractivity contribution < 1.29 is 14.6 Å². The molecule has 6 heteroatoms. The van der Waals surface area contributed by atoms with E-state index in [2.05, 4.69) is 10.3 Å². The van der Waals surface area contributed by atoms with E-state index in [4.69, 9.17) is 4.74 Å². The molecule has 0 aliphatic rings. The van der Waals surface area contributed by atoms with E-state index in [0.29, 0.717) is 17.4 Å². The van der Waals surface area contributed by atoms with Crippen LogP contribution in [-0.2, 0) is 4.79 Å². The van der Waals surface area contributed by atoms with Crippen LogP contribution in [0.25, 0.3) is 0 Å². The van der Waals surface area contributed by atoms with Crippen LogP contribution in [0.15, 0.2) is 29.6 Å². The zero-order valence-corrected chi connectivity index (χ0v) is 12.8. The fourth-order valence-electron chi connectivity index (χ4n) is 1.68. The number of aliphatic hydroxyl groups is 1. The Morgan fingerprint density at radius 2 is 2.33 bits per heavy atom. The van der Waals surface area contributed by atoms with Gasteiger partial charge in [-0.3, -0.25) is 4.79 Å². The number of hydrogen-bond donors (Lipinski definition) is 2. The number of rotatable bonds is 6. The minimum atomic E-state index is -0.628. The number of nitrogens with zero attached hydrogens (tertiary/aromatic N) is 1. The van der Waals surface area contributed by atoms with Gasteiger partial charge in [-0.25, -0.2) is 4.98 Å². The van der Waals surface area contributed by atoms with Crippen molar-refractivity contribution in [2.24, 2.45) is 0 Å². The first-order valence-electron chi connectivity index (χ1n) is 6.67. The molecule has 1 atom stereocenters. The van der Waals surface area contributed by atoms with Crippen LogP contribution in [0.4, 0.5) is 5.13 Å². The van der Waals surface area contributed by atoms with Crippen molar-refractivity contribution in [1.29, 1.82) is 0 Å². The van der Waals surface area contributed by atoms with Crippen LogP contribution in [0.2, 0.25) is 0 Å². The van der Waals surface area contributed by atoms with Gasteiger partial charge in [-0.05, 0) is 31.5 Å². The summed E-state index contributed by atoms with van der Waals surface area (Å²) in [5, 5.41) is 14.3. The lowest BCUT2D eigenvalue weighted by Gasteiger charge is -2.06. The van der Waals surface area contributed by atoms with Crippen molar-refractivity contribution in [3.63, 3.8) is 0 Å². The molecule has 2 aromatic rings. The molecular formula is C15H18N2O3S. The third kappa shape index (κ3) is 4.84. The number of hydrogen-bond acceptors (Lipinski definition) is 5. The normalized spacial score (nSPS) is 12.0. The molecule has 1 amide bonds. The number of nitrogens with one attached hydrogen (secondary N) is 1. The molecule has 0 spiro atoms. The first kappa shape index (κ1) is 15.5. The second-order valence-electron chi connectivity index (χ2n) is 4.72. The lowest BCUT2D eigenvalue weighted by atomic mass is 10.2. The van der Waals surface area contributed by atoms with Gasteiger partial charge in [-0.1, -0.05) is 12.1 Å². The van der Waals surface area contributed by atoms with Crippen molar-refractivity contribution in [3.05, 3.63) is 40.9 Å². The van der Waals surface area contributed by atoms with Crippen LogP contribution in [-0.4, -0.2) is 22.6 Å². The average Bonchev–Trinajstić information content (AvgIpc) is 2.87. The zero-order chi connectivity index (χ0) is 15.2. The molecule has 0 saturated carbocycles. The minimum Gasteiger partial charge on any atom is -0.493 e. The Hall–Kier alpha value is -1.92. The Labute approximate surface area is 127 Å². The van der Waals surface area contributed by atoms with E-state index in [9.17, 15) is 9.90 Å². The molecule has 2 N–H and O–H groups in total. The van der Waals surface area contributed by atoms with Crippen molar-refractivity contribution in [1.82, 2.24) is 4.98 Å². The second-order valence-corrected chi connectivity index (χ2v) is 5.57. The third-order valence-electron chi connectivity index (χ3n) is 2.78. The van der Waals surface area contributed by atoms with Crippen LogP contribution >= 0.6 is 11.3 Å². The summed E-state index contributed by atoms with van der Waals surface area (Å²) < 4.78 is 5.52. The molecule has 0 radical (unpaired) electrons. The largest absolute Gasteiger partial charge is 0.493 e. The highest BCUT2D eigenvalue weighted by Crippen LogP contribution is 2.20. The molecule has 2 rings (SSSR count). The molecule has 1 heterocycles. The summed E-state index contributed by atoms with van der Waals surface area (Å²) in [6.45, 7) is 3.93. The van der Waals surface area contributed by atoms with Crippen molar-refractivity contribution in [2.45, 2.75) is 26.4 Å². The zero-order valence-electron chi connectivity index (χ0n) is 12.0. The van der Waals surface area contributed by atoms with Crippen molar-refractivity contribution in [3.8, 4) is 5.75 Å². The van der Waals surface area contributed by atoms with E-state index in [1.165, 1.54) is 11.3 Å². The molecule has 0 bridgehead atoms. The van der Waals surface area contributed by atoms with E-state index in [0.717, 1.165) is 11.3 Å². The van der Waals surface area contributed by atoms with E-state index in [1.54, 1.807) is 12.3 Å². The van der Waals surface area contributed by atoms with Gasteiger partial charge in [0.15, 0.2) is 5.13 Å². The maximum Gasteiger partial charge on any atom is 0.229 e. The first-order chi connectivity index (χ1) is 10.0. The summed E-state index contributed by atoms with van der Waals surface area (Å²) in [6.07, 6.45) is -0.381. The number of benzene rings is 1. The lowest BCUT2D eigenvalue weighted by molar-refractivity contribution is -0.116. The van der Waals surface area contributed by atoms with E-state index in [-0.39, 0.29) is 12.3 Å². The number of carbonyl (C=O) groups is 1. The van der Waals surface area contributed by atoms with Gasteiger partial charge in [-0.15, -0.1) is 11.3 Å². The maximum atomic E-state index is 11.8. The summed E-state index contributed by atoms with van der Waals surface area (Å²) in [6, 6.07) is 7.69. The third-order valence-corrected chi connectivity index (χ3v) is 3.56. The molecule has 21 heavy (non-hydrogen) atoms. The number of ether oxygens (including phenoxy) is 1. The van der Waals surface area contributed by atoms with Crippen LogP contribution in [0.1, 0.15) is 30.7 Å². The van der Waals surface area contributed by atoms with Crippen molar-refractivity contribution >= 4 is 22.4 Å². The Morgan fingerprint density at radius 1 is 1.52 bits per heavy atom.